The average molecular weight is 477 g/mol. The van der Waals surface area contributed by atoms with Crippen LogP contribution >= 0.6 is 0 Å². The van der Waals surface area contributed by atoms with Gasteiger partial charge in [0.15, 0.2) is 0 Å². The number of aliphatic hydroxyl groups excluding tert-OH is 1. The van der Waals surface area contributed by atoms with Crippen LogP contribution in [-0.2, 0) is 28.6 Å². The van der Waals surface area contributed by atoms with E-state index in [0.717, 1.165) is 11.1 Å². The first-order valence-electron chi connectivity index (χ1n) is 12.3. The van der Waals surface area contributed by atoms with Crippen molar-refractivity contribution < 1.29 is 33.7 Å². The van der Waals surface area contributed by atoms with Gasteiger partial charge in [0.25, 0.3) is 0 Å². The van der Waals surface area contributed by atoms with Crippen LogP contribution in [0.3, 0.4) is 0 Å². The van der Waals surface area contributed by atoms with Crippen molar-refractivity contribution in [3.63, 3.8) is 0 Å². The number of hydrogen-bond donors (Lipinski definition) is 1. The number of carbonyl (C=O) groups excluding carboxylic acids is 3. The summed E-state index contributed by atoms with van der Waals surface area (Å²) in [6, 6.07) is 0. The van der Waals surface area contributed by atoms with Crippen LogP contribution in [0.15, 0.2) is 23.3 Å². The number of fused-ring (bicyclic) bond motifs is 3. The largest absolute Gasteiger partial charge is 0.462 e. The fraction of sp³-hybridized carbons (Fsp3) is 0.741. The highest BCUT2D eigenvalue weighted by Crippen LogP contribution is 2.60. The Balaban J connectivity index is 2.22. The lowest BCUT2D eigenvalue weighted by atomic mass is 9.50. The maximum absolute atomic E-state index is 12.4. The van der Waals surface area contributed by atoms with E-state index in [1.807, 2.05) is 20.8 Å². The van der Waals surface area contributed by atoms with Gasteiger partial charge in [0, 0.05) is 38.5 Å². The molecule has 1 N–H and O–H groups in total. The summed E-state index contributed by atoms with van der Waals surface area (Å²) in [7, 11) is 0. The summed E-state index contributed by atoms with van der Waals surface area (Å²) >= 11 is 0. The Labute approximate surface area is 202 Å². The van der Waals surface area contributed by atoms with Gasteiger partial charge >= 0.3 is 17.9 Å². The second-order valence-corrected chi connectivity index (χ2v) is 11.2. The van der Waals surface area contributed by atoms with Crippen LogP contribution in [0.5, 0.6) is 0 Å². The summed E-state index contributed by atoms with van der Waals surface area (Å²) < 4.78 is 17.6. The van der Waals surface area contributed by atoms with E-state index in [1.165, 1.54) is 13.8 Å². The lowest BCUT2D eigenvalue weighted by Gasteiger charge is -2.58. The van der Waals surface area contributed by atoms with Gasteiger partial charge in [-0.2, -0.15) is 0 Å². The molecular weight excluding hydrogens is 436 g/mol. The SMILES string of the molecule is C=C1[C@@H](OC(C)=O)CC[C@@]2(C)C[C@H](O)C3=C(C)C[C@@H](OC(=O)CC)[C@@H]([C@@H](OC(C)=O)[C@H]12)C3(C)C. The minimum atomic E-state index is -0.691. The molecular formula is C27H40O7. The van der Waals surface area contributed by atoms with Gasteiger partial charge < -0.3 is 19.3 Å². The van der Waals surface area contributed by atoms with Gasteiger partial charge in [-0.1, -0.05) is 39.8 Å². The minimum absolute atomic E-state index is 0.239. The molecule has 7 nitrogen and oxygen atoms in total. The maximum atomic E-state index is 12.4. The number of hydrogen-bond acceptors (Lipinski definition) is 7. The molecule has 3 aliphatic carbocycles. The number of esters is 3. The highest BCUT2D eigenvalue weighted by molar-refractivity contribution is 5.69. The Bertz CT molecular complexity index is 901. The van der Waals surface area contributed by atoms with Crippen molar-refractivity contribution in [3.8, 4) is 0 Å². The van der Waals surface area contributed by atoms with E-state index < -0.39 is 53.1 Å². The van der Waals surface area contributed by atoms with Gasteiger partial charge in [0.1, 0.15) is 18.3 Å². The Morgan fingerprint density at radius 2 is 1.71 bits per heavy atom. The third-order valence-electron chi connectivity index (χ3n) is 8.29. The third-order valence-corrected chi connectivity index (χ3v) is 8.29. The van der Waals surface area contributed by atoms with Crippen molar-refractivity contribution in [1.82, 2.24) is 0 Å². The summed E-state index contributed by atoms with van der Waals surface area (Å²) in [5.74, 6) is -1.92. The molecule has 0 aromatic heterocycles. The standard InChI is InChI=1S/C27H40O7/c1-9-21(31)34-20-12-14(2)22-18(30)13-27(8)11-10-19(32-16(4)28)15(3)23(27)25(33-17(5)29)24(20)26(22,6)7/h18-20,23-25,30H,3,9-13H2,1-2,4-8H3/t18-,19-,20+,23-,24-,25-,27-/m0/s1. The number of carbonyl (C=O) groups is 3. The van der Waals surface area contributed by atoms with E-state index in [9.17, 15) is 19.5 Å². The fourth-order valence-corrected chi connectivity index (χ4v) is 7.14. The highest BCUT2D eigenvalue weighted by Gasteiger charge is 2.60. The molecule has 0 aromatic carbocycles. The molecule has 0 unspecified atom stereocenters. The Kier molecular flexibility index (Phi) is 7.38. The van der Waals surface area contributed by atoms with Crippen LogP contribution in [-0.4, -0.2) is 47.4 Å². The summed E-state index contributed by atoms with van der Waals surface area (Å²) in [6.07, 6.45) is 0.0717. The van der Waals surface area contributed by atoms with Gasteiger partial charge in [0.05, 0.1) is 6.10 Å². The van der Waals surface area contributed by atoms with Crippen LogP contribution in [0, 0.1) is 22.7 Å². The zero-order valence-electron chi connectivity index (χ0n) is 21.6. The Morgan fingerprint density at radius 1 is 1.09 bits per heavy atom. The predicted molar refractivity (Wildman–Crippen MR) is 126 cm³/mol. The lowest BCUT2D eigenvalue weighted by Crippen LogP contribution is -2.60. The van der Waals surface area contributed by atoms with Crippen molar-refractivity contribution in [3.05, 3.63) is 23.3 Å². The second kappa shape index (κ2) is 9.48. The van der Waals surface area contributed by atoms with Crippen LogP contribution in [0.4, 0.5) is 0 Å². The van der Waals surface area contributed by atoms with E-state index in [4.69, 9.17) is 14.2 Å². The molecule has 2 saturated carbocycles. The van der Waals surface area contributed by atoms with E-state index in [0.29, 0.717) is 31.3 Å². The molecule has 0 aliphatic heterocycles. The quantitative estimate of drug-likeness (QED) is 0.367. The summed E-state index contributed by atoms with van der Waals surface area (Å²) in [4.78, 5) is 36.7. The van der Waals surface area contributed by atoms with Crippen LogP contribution in [0.1, 0.15) is 80.6 Å². The first-order valence-corrected chi connectivity index (χ1v) is 12.3. The molecule has 0 saturated heterocycles. The molecule has 0 aromatic rings. The van der Waals surface area contributed by atoms with Crippen LogP contribution < -0.4 is 0 Å². The van der Waals surface area contributed by atoms with Crippen LogP contribution in [0.2, 0.25) is 0 Å². The first-order chi connectivity index (χ1) is 15.7. The van der Waals surface area contributed by atoms with Crippen molar-refractivity contribution in [2.45, 2.75) is 105 Å². The average Bonchev–Trinajstić information content (AvgIpc) is 2.67. The predicted octanol–water partition coefficient (Wildman–Crippen LogP) is 4.27. The Hall–Kier alpha value is -2.15. The smallest absolute Gasteiger partial charge is 0.305 e. The third kappa shape index (κ3) is 4.68. The monoisotopic (exact) mass is 476 g/mol. The van der Waals surface area contributed by atoms with Gasteiger partial charge in [-0.15, -0.1) is 0 Å². The first kappa shape index (κ1) is 26.5. The van der Waals surface area contributed by atoms with Crippen molar-refractivity contribution in [2.75, 3.05) is 0 Å². The molecule has 7 atom stereocenters. The van der Waals surface area contributed by atoms with Gasteiger partial charge in [-0.3, -0.25) is 14.4 Å². The van der Waals surface area contributed by atoms with Crippen molar-refractivity contribution in [2.24, 2.45) is 22.7 Å². The fourth-order valence-electron chi connectivity index (χ4n) is 7.14. The maximum Gasteiger partial charge on any atom is 0.305 e. The molecule has 3 rings (SSSR count). The molecule has 0 heterocycles. The molecule has 3 aliphatic rings. The molecule has 190 valence electrons. The van der Waals surface area contributed by atoms with Crippen LogP contribution in [0.25, 0.3) is 0 Å². The molecule has 0 amide bonds. The highest BCUT2D eigenvalue weighted by atomic mass is 16.6. The topological polar surface area (TPSA) is 99.1 Å². The second-order valence-electron chi connectivity index (χ2n) is 11.2. The Morgan fingerprint density at radius 3 is 2.26 bits per heavy atom. The molecule has 0 spiro atoms. The summed E-state index contributed by atoms with van der Waals surface area (Å²) in [5, 5.41) is 11.5. The number of aliphatic hydroxyl groups is 1. The van der Waals surface area contributed by atoms with E-state index in [2.05, 4.69) is 13.5 Å². The molecule has 2 fully saturated rings. The molecule has 34 heavy (non-hydrogen) atoms. The minimum Gasteiger partial charge on any atom is -0.462 e. The summed E-state index contributed by atoms with van der Waals surface area (Å²) in [6.45, 7) is 17.0. The van der Waals surface area contributed by atoms with E-state index in [-0.39, 0.29) is 18.3 Å². The van der Waals surface area contributed by atoms with Crippen molar-refractivity contribution in [1.29, 1.82) is 0 Å². The molecule has 2 bridgehead atoms. The molecule has 0 radical (unpaired) electrons. The van der Waals surface area contributed by atoms with Gasteiger partial charge in [-0.25, -0.2) is 0 Å². The van der Waals surface area contributed by atoms with Gasteiger partial charge in [0.2, 0.25) is 0 Å². The summed E-state index contributed by atoms with van der Waals surface area (Å²) in [5.41, 5.74) is 1.57. The lowest BCUT2D eigenvalue weighted by molar-refractivity contribution is -0.184. The van der Waals surface area contributed by atoms with Gasteiger partial charge in [-0.05, 0) is 48.2 Å². The normalized spacial score (nSPS) is 37.1. The van der Waals surface area contributed by atoms with E-state index in [1.54, 1.807) is 6.92 Å². The van der Waals surface area contributed by atoms with Crippen molar-refractivity contribution >= 4 is 17.9 Å². The zero-order chi connectivity index (χ0) is 25.6. The zero-order valence-corrected chi connectivity index (χ0v) is 21.6. The molecule has 7 heteroatoms. The number of rotatable bonds is 4. The van der Waals surface area contributed by atoms with E-state index >= 15 is 0 Å². The number of ether oxygens (including phenoxy) is 3.